The minimum Gasteiger partial charge on any atom is -0.380 e. The van der Waals surface area contributed by atoms with E-state index in [0.29, 0.717) is 16.5 Å². The van der Waals surface area contributed by atoms with Crippen LogP contribution in [0.2, 0.25) is 5.15 Å². The van der Waals surface area contributed by atoms with Crippen molar-refractivity contribution in [3.63, 3.8) is 0 Å². The van der Waals surface area contributed by atoms with E-state index in [4.69, 9.17) is 11.6 Å². The Kier molecular flexibility index (Phi) is 3.76. The van der Waals surface area contributed by atoms with Crippen molar-refractivity contribution in [3.05, 3.63) is 47.3 Å². The quantitative estimate of drug-likeness (QED) is 0.849. The molecule has 0 saturated heterocycles. The number of imidazole rings is 1. The molecule has 0 spiro atoms. The van der Waals surface area contributed by atoms with E-state index >= 15 is 0 Å². The van der Waals surface area contributed by atoms with Crippen LogP contribution in [0.3, 0.4) is 0 Å². The molecule has 2 heterocycles. The lowest BCUT2D eigenvalue weighted by molar-refractivity contribution is 0.204. The Labute approximate surface area is 105 Å². The molecular weight excluding hydrogens is 238 g/mol. The lowest BCUT2D eigenvalue weighted by Gasteiger charge is -2.13. The third-order valence-electron chi connectivity index (χ3n) is 2.52. The molecule has 2 rings (SSSR count). The summed E-state index contributed by atoms with van der Waals surface area (Å²) in [6.45, 7) is 2.92. The molecule has 0 aliphatic carbocycles. The lowest BCUT2D eigenvalue weighted by atomic mass is 10.1. The van der Waals surface area contributed by atoms with Crippen LogP contribution in [-0.2, 0) is 6.54 Å². The van der Waals surface area contributed by atoms with Gasteiger partial charge < -0.3 is 9.67 Å². The Hall–Kier alpha value is -1.39. The second-order valence-corrected chi connectivity index (χ2v) is 4.18. The van der Waals surface area contributed by atoms with Gasteiger partial charge in [0, 0.05) is 25.1 Å². The van der Waals surface area contributed by atoms with Crippen LogP contribution < -0.4 is 0 Å². The zero-order valence-electron chi connectivity index (χ0n) is 9.55. The van der Waals surface area contributed by atoms with Gasteiger partial charge in [0.2, 0.25) is 0 Å². The minimum atomic E-state index is -0.767. The molecule has 1 atom stereocenters. The highest BCUT2D eigenvalue weighted by Crippen LogP contribution is 2.22. The summed E-state index contributed by atoms with van der Waals surface area (Å²) in [4.78, 5) is 8.08. The zero-order chi connectivity index (χ0) is 12.3. The second-order valence-electron chi connectivity index (χ2n) is 3.79. The highest BCUT2D eigenvalue weighted by Gasteiger charge is 2.16. The number of aromatic nitrogens is 3. The minimum absolute atomic E-state index is 0.371. The molecule has 5 heteroatoms. The smallest absolute Gasteiger partial charge is 0.142 e. The van der Waals surface area contributed by atoms with Gasteiger partial charge in [0.05, 0.1) is 0 Å². The summed E-state index contributed by atoms with van der Waals surface area (Å²) >= 11 is 5.80. The SMILES string of the molecule is CCCn1ccnc1[C@@H](O)c1ccnc(Cl)c1. The molecule has 0 fully saturated rings. The summed E-state index contributed by atoms with van der Waals surface area (Å²) in [5.74, 6) is 0.633. The number of aliphatic hydroxyl groups is 1. The fourth-order valence-electron chi connectivity index (χ4n) is 1.73. The number of halogens is 1. The van der Waals surface area contributed by atoms with Crippen LogP contribution in [0.15, 0.2) is 30.7 Å². The van der Waals surface area contributed by atoms with E-state index in [0.717, 1.165) is 13.0 Å². The third-order valence-corrected chi connectivity index (χ3v) is 2.73. The van der Waals surface area contributed by atoms with Crippen LogP contribution >= 0.6 is 11.6 Å². The van der Waals surface area contributed by atoms with Crippen LogP contribution in [0.4, 0.5) is 0 Å². The van der Waals surface area contributed by atoms with Gasteiger partial charge in [-0.05, 0) is 24.1 Å². The van der Waals surface area contributed by atoms with Crippen LogP contribution in [0.1, 0.15) is 30.8 Å². The first-order valence-corrected chi connectivity index (χ1v) is 5.90. The number of nitrogens with zero attached hydrogens (tertiary/aromatic N) is 3. The van der Waals surface area contributed by atoms with Crippen molar-refractivity contribution >= 4 is 11.6 Å². The Morgan fingerprint density at radius 2 is 2.24 bits per heavy atom. The Morgan fingerprint density at radius 3 is 2.94 bits per heavy atom. The fraction of sp³-hybridized carbons (Fsp3) is 0.333. The lowest BCUT2D eigenvalue weighted by Crippen LogP contribution is -2.09. The highest BCUT2D eigenvalue weighted by molar-refractivity contribution is 6.29. The molecule has 0 saturated carbocycles. The molecule has 90 valence electrons. The van der Waals surface area contributed by atoms with E-state index in [1.807, 2.05) is 10.8 Å². The summed E-state index contributed by atoms with van der Waals surface area (Å²) in [5.41, 5.74) is 0.702. The van der Waals surface area contributed by atoms with Crippen molar-refractivity contribution in [2.45, 2.75) is 26.0 Å². The van der Waals surface area contributed by atoms with Gasteiger partial charge in [-0.2, -0.15) is 0 Å². The first-order chi connectivity index (χ1) is 8.22. The summed E-state index contributed by atoms with van der Waals surface area (Å²) in [6.07, 6.45) is 5.36. The molecule has 2 aromatic rings. The maximum absolute atomic E-state index is 10.2. The predicted octanol–water partition coefficient (Wildman–Crippen LogP) is 2.42. The number of aryl methyl sites for hydroxylation is 1. The molecule has 0 bridgehead atoms. The second kappa shape index (κ2) is 5.29. The fourth-order valence-corrected chi connectivity index (χ4v) is 1.92. The molecule has 0 aromatic carbocycles. The van der Waals surface area contributed by atoms with Gasteiger partial charge in [0.25, 0.3) is 0 Å². The number of hydrogen-bond acceptors (Lipinski definition) is 3. The third kappa shape index (κ3) is 2.65. The molecule has 1 N–H and O–H groups in total. The van der Waals surface area contributed by atoms with Crippen molar-refractivity contribution in [1.82, 2.24) is 14.5 Å². The number of aliphatic hydroxyl groups excluding tert-OH is 1. The zero-order valence-corrected chi connectivity index (χ0v) is 10.3. The molecule has 2 aromatic heterocycles. The normalized spacial score (nSPS) is 12.6. The monoisotopic (exact) mass is 251 g/mol. The van der Waals surface area contributed by atoms with Crippen molar-refractivity contribution in [2.24, 2.45) is 0 Å². The summed E-state index contributed by atoms with van der Waals surface area (Å²) in [6, 6.07) is 3.39. The first kappa shape index (κ1) is 12.1. The molecule has 17 heavy (non-hydrogen) atoms. The standard InChI is InChI=1S/C12H14ClN3O/c1-2-6-16-7-5-15-12(16)11(17)9-3-4-14-10(13)8-9/h3-5,7-8,11,17H,2,6H2,1H3/t11-/m0/s1. The Balaban J connectivity index is 2.30. The van der Waals surface area contributed by atoms with Gasteiger partial charge in [-0.25, -0.2) is 9.97 Å². The molecular formula is C12H14ClN3O. The largest absolute Gasteiger partial charge is 0.380 e. The van der Waals surface area contributed by atoms with E-state index in [-0.39, 0.29) is 0 Å². The number of rotatable bonds is 4. The maximum Gasteiger partial charge on any atom is 0.142 e. The number of pyridine rings is 1. The Morgan fingerprint density at radius 1 is 1.41 bits per heavy atom. The molecule has 0 amide bonds. The van der Waals surface area contributed by atoms with Crippen molar-refractivity contribution in [1.29, 1.82) is 0 Å². The highest BCUT2D eigenvalue weighted by atomic mass is 35.5. The summed E-state index contributed by atoms with van der Waals surface area (Å²) < 4.78 is 1.94. The van der Waals surface area contributed by atoms with Gasteiger partial charge in [0.1, 0.15) is 17.1 Å². The average molecular weight is 252 g/mol. The average Bonchev–Trinajstić information content (AvgIpc) is 2.77. The van der Waals surface area contributed by atoms with Gasteiger partial charge in [-0.3, -0.25) is 0 Å². The Bertz CT molecular complexity index is 498. The van der Waals surface area contributed by atoms with Gasteiger partial charge in [-0.1, -0.05) is 18.5 Å². The topological polar surface area (TPSA) is 50.9 Å². The summed E-state index contributed by atoms with van der Waals surface area (Å²) in [5, 5.41) is 10.6. The van der Waals surface area contributed by atoms with Gasteiger partial charge in [0.15, 0.2) is 0 Å². The molecule has 0 unspecified atom stereocenters. The van der Waals surface area contributed by atoms with Crippen LogP contribution in [0.25, 0.3) is 0 Å². The van der Waals surface area contributed by atoms with Gasteiger partial charge >= 0.3 is 0 Å². The van der Waals surface area contributed by atoms with Gasteiger partial charge in [-0.15, -0.1) is 0 Å². The van der Waals surface area contributed by atoms with Crippen LogP contribution in [-0.4, -0.2) is 19.6 Å². The van der Waals surface area contributed by atoms with Crippen molar-refractivity contribution in [3.8, 4) is 0 Å². The molecule has 0 aliphatic heterocycles. The van der Waals surface area contributed by atoms with E-state index in [1.54, 1.807) is 24.5 Å². The molecule has 0 radical (unpaired) electrons. The molecule has 0 aliphatic rings. The first-order valence-electron chi connectivity index (χ1n) is 5.53. The maximum atomic E-state index is 10.2. The number of hydrogen-bond donors (Lipinski definition) is 1. The predicted molar refractivity (Wildman–Crippen MR) is 65.8 cm³/mol. The van der Waals surface area contributed by atoms with Crippen molar-refractivity contribution < 1.29 is 5.11 Å². The van der Waals surface area contributed by atoms with E-state index in [2.05, 4.69) is 16.9 Å². The van der Waals surface area contributed by atoms with E-state index < -0.39 is 6.10 Å². The van der Waals surface area contributed by atoms with E-state index in [9.17, 15) is 5.11 Å². The summed E-state index contributed by atoms with van der Waals surface area (Å²) in [7, 11) is 0. The van der Waals surface area contributed by atoms with Crippen LogP contribution in [0, 0.1) is 0 Å². The van der Waals surface area contributed by atoms with Crippen molar-refractivity contribution in [2.75, 3.05) is 0 Å². The van der Waals surface area contributed by atoms with Crippen LogP contribution in [0.5, 0.6) is 0 Å². The molecule has 4 nitrogen and oxygen atoms in total. The van der Waals surface area contributed by atoms with E-state index in [1.165, 1.54) is 0 Å².